The molecule has 1 atom stereocenters. The van der Waals surface area contributed by atoms with Gasteiger partial charge in [-0.25, -0.2) is 0 Å². The summed E-state index contributed by atoms with van der Waals surface area (Å²) in [5, 5.41) is 15.9. The fourth-order valence-electron chi connectivity index (χ4n) is 4.68. The topological polar surface area (TPSA) is 132 Å². The summed E-state index contributed by atoms with van der Waals surface area (Å²) in [5.41, 5.74) is 8.70. The third-order valence-corrected chi connectivity index (χ3v) is 8.75. The minimum Gasteiger partial charge on any atom is -0.365 e. The lowest BCUT2D eigenvalue weighted by atomic mass is 9.95. The monoisotopic (exact) mass is 554 g/mol. The molecule has 0 aliphatic heterocycles. The Hall–Kier alpha value is -3.18. The van der Waals surface area contributed by atoms with E-state index in [9.17, 15) is 14.4 Å². The molecule has 4 N–H and O–H groups in total. The summed E-state index contributed by atoms with van der Waals surface area (Å²) in [5.74, 6) is -0.104. The predicted molar refractivity (Wildman–Crippen MR) is 151 cm³/mol. The lowest BCUT2D eigenvalue weighted by molar-refractivity contribution is -0.113. The smallest absolute Gasteiger partial charge is 0.251 e. The van der Waals surface area contributed by atoms with Crippen molar-refractivity contribution < 1.29 is 14.4 Å². The Morgan fingerprint density at radius 3 is 2.63 bits per heavy atom. The molecule has 0 bridgehead atoms. The SMILES string of the molecule is CCn1c(SCC(=O)Nc2sc3c(c2C(N)=O)CCCC3)nnc1[C@@H](NC(=O)c1cccc(C)c1)C(C)C. The number of thiophene rings is 1. The van der Waals surface area contributed by atoms with Gasteiger partial charge in [-0.05, 0) is 63.1 Å². The van der Waals surface area contributed by atoms with Crippen LogP contribution in [0.25, 0.3) is 0 Å². The quantitative estimate of drug-likeness (QED) is 0.316. The number of carbonyl (C=O) groups excluding carboxylic acids is 3. The number of nitrogens with zero attached hydrogens (tertiary/aromatic N) is 3. The molecule has 3 amide bonds. The number of fused-ring (bicyclic) bond motifs is 1. The van der Waals surface area contributed by atoms with E-state index in [0.717, 1.165) is 41.7 Å². The first-order valence-corrected chi connectivity index (χ1v) is 14.7. The standard InChI is InChI=1S/C27H34N6O3S2/c1-5-33-24(22(15(2)3)30-25(36)17-10-8-9-16(4)13-17)31-32-27(33)37-14-20(34)29-26-21(23(28)35)18-11-6-7-12-19(18)38-26/h8-10,13,15,22H,5-7,11-12,14H2,1-4H3,(H2,28,35)(H,29,34)(H,30,36)/t22-/m0/s1. The molecule has 1 aromatic carbocycles. The zero-order valence-corrected chi connectivity index (χ0v) is 23.8. The summed E-state index contributed by atoms with van der Waals surface area (Å²) in [6.07, 6.45) is 3.82. The van der Waals surface area contributed by atoms with E-state index in [1.807, 2.05) is 50.5 Å². The maximum Gasteiger partial charge on any atom is 0.251 e. The predicted octanol–water partition coefficient (Wildman–Crippen LogP) is 4.50. The van der Waals surface area contributed by atoms with Crippen molar-refractivity contribution in [1.29, 1.82) is 0 Å². The van der Waals surface area contributed by atoms with Crippen molar-refractivity contribution >= 4 is 45.8 Å². The highest BCUT2D eigenvalue weighted by molar-refractivity contribution is 7.99. The van der Waals surface area contributed by atoms with Crippen molar-refractivity contribution in [3.8, 4) is 0 Å². The second-order valence-electron chi connectivity index (χ2n) is 9.77. The number of aryl methyl sites for hydroxylation is 2. The molecule has 0 fully saturated rings. The zero-order chi connectivity index (χ0) is 27.4. The van der Waals surface area contributed by atoms with Crippen LogP contribution in [0.3, 0.4) is 0 Å². The van der Waals surface area contributed by atoms with Crippen LogP contribution in [0.1, 0.15) is 82.2 Å². The molecule has 9 nitrogen and oxygen atoms in total. The van der Waals surface area contributed by atoms with Gasteiger partial charge in [0.1, 0.15) is 5.00 Å². The second kappa shape index (κ2) is 12.1. The van der Waals surface area contributed by atoms with Crippen molar-refractivity contribution in [2.45, 2.75) is 71.1 Å². The molecule has 11 heteroatoms. The summed E-state index contributed by atoms with van der Waals surface area (Å²) >= 11 is 2.72. The molecule has 0 spiro atoms. The molecule has 2 heterocycles. The third-order valence-electron chi connectivity index (χ3n) is 6.58. The molecule has 0 saturated heterocycles. The average molecular weight is 555 g/mol. The van der Waals surface area contributed by atoms with E-state index < -0.39 is 5.91 Å². The number of nitrogens with one attached hydrogen (secondary N) is 2. The van der Waals surface area contributed by atoms with Crippen LogP contribution in [-0.4, -0.2) is 38.2 Å². The van der Waals surface area contributed by atoms with E-state index in [0.29, 0.717) is 33.7 Å². The van der Waals surface area contributed by atoms with Gasteiger partial charge in [0.05, 0.1) is 17.4 Å². The lowest BCUT2D eigenvalue weighted by Gasteiger charge is -2.22. The van der Waals surface area contributed by atoms with Gasteiger partial charge in [-0.3, -0.25) is 14.4 Å². The van der Waals surface area contributed by atoms with Crippen LogP contribution in [0, 0.1) is 12.8 Å². The van der Waals surface area contributed by atoms with Crippen molar-refractivity contribution in [1.82, 2.24) is 20.1 Å². The van der Waals surface area contributed by atoms with Crippen molar-refractivity contribution in [2.24, 2.45) is 11.7 Å². The number of hydrogen-bond acceptors (Lipinski definition) is 7. The largest absolute Gasteiger partial charge is 0.365 e. The fourth-order valence-corrected chi connectivity index (χ4v) is 6.80. The lowest BCUT2D eigenvalue weighted by Crippen LogP contribution is -2.33. The highest BCUT2D eigenvalue weighted by Crippen LogP contribution is 2.38. The summed E-state index contributed by atoms with van der Waals surface area (Å²) in [6, 6.07) is 7.10. The highest BCUT2D eigenvalue weighted by atomic mass is 32.2. The van der Waals surface area contributed by atoms with Gasteiger partial charge in [-0.15, -0.1) is 21.5 Å². The summed E-state index contributed by atoms with van der Waals surface area (Å²) in [4.78, 5) is 39.1. The Morgan fingerprint density at radius 1 is 1.18 bits per heavy atom. The molecule has 38 heavy (non-hydrogen) atoms. The number of nitrogens with two attached hydrogens (primary N) is 1. The molecule has 202 valence electrons. The Balaban J connectivity index is 1.46. The normalized spacial score (nSPS) is 13.7. The third kappa shape index (κ3) is 6.10. The molecular formula is C27H34N6O3S2. The molecule has 0 unspecified atom stereocenters. The zero-order valence-electron chi connectivity index (χ0n) is 22.2. The number of hydrogen-bond donors (Lipinski definition) is 3. The first kappa shape index (κ1) is 27.8. The van der Waals surface area contributed by atoms with Gasteiger partial charge in [-0.1, -0.05) is 43.3 Å². The van der Waals surface area contributed by atoms with E-state index in [-0.39, 0.29) is 29.5 Å². The minimum atomic E-state index is -0.504. The number of carbonyl (C=O) groups is 3. The van der Waals surface area contributed by atoms with Gasteiger partial charge in [0.15, 0.2) is 11.0 Å². The number of thioether (sulfide) groups is 1. The Bertz CT molecular complexity index is 1350. The Kier molecular flexibility index (Phi) is 8.88. The average Bonchev–Trinajstić information content (AvgIpc) is 3.46. The van der Waals surface area contributed by atoms with Gasteiger partial charge >= 0.3 is 0 Å². The van der Waals surface area contributed by atoms with Crippen molar-refractivity contribution in [3.05, 3.63) is 57.2 Å². The molecule has 1 aliphatic carbocycles. The van der Waals surface area contributed by atoms with Crippen LogP contribution in [0.4, 0.5) is 5.00 Å². The van der Waals surface area contributed by atoms with Crippen LogP contribution < -0.4 is 16.4 Å². The molecule has 1 aliphatic rings. The maximum absolute atomic E-state index is 13.0. The van der Waals surface area contributed by atoms with Crippen molar-refractivity contribution in [3.63, 3.8) is 0 Å². The van der Waals surface area contributed by atoms with E-state index in [2.05, 4.69) is 20.8 Å². The summed E-state index contributed by atoms with van der Waals surface area (Å²) in [7, 11) is 0. The van der Waals surface area contributed by atoms with Crippen LogP contribution >= 0.6 is 23.1 Å². The minimum absolute atomic E-state index is 0.0662. The molecular weight excluding hydrogens is 520 g/mol. The van der Waals surface area contributed by atoms with E-state index in [1.165, 1.54) is 23.1 Å². The molecule has 2 aromatic heterocycles. The van der Waals surface area contributed by atoms with Gasteiger partial charge in [0, 0.05) is 17.0 Å². The Morgan fingerprint density at radius 2 is 1.95 bits per heavy atom. The second-order valence-corrected chi connectivity index (χ2v) is 11.8. The number of aromatic nitrogens is 3. The van der Waals surface area contributed by atoms with Gasteiger partial charge in [0.2, 0.25) is 5.91 Å². The van der Waals surface area contributed by atoms with Gasteiger partial charge in [-0.2, -0.15) is 0 Å². The van der Waals surface area contributed by atoms with Crippen LogP contribution in [0.5, 0.6) is 0 Å². The van der Waals surface area contributed by atoms with Gasteiger partial charge in [0.25, 0.3) is 11.8 Å². The molecule has 0 saturated carbocycles. The molecule has 0 radical (unpaired) electrons. The van der Waals surface area contributed by atoms with Crippen LogP contribution in [-0.2, 0) is 24.2 Å². The van der Waals surface area contributed by atoms with E-state index >= 15 is 0 Å². The first-order chi connectivity index (χ1) is 18.2. The number of primary amides is 1. The first-order valence-electron chi connectivity index (χ1n) is 12.9. The number of anilines is 1. The van der Waals surface area contributed by atoms with E-state index in [1.54, 1.807) is 6.07 Å². The van der Waals surface area contributed by atoms with E-state index in [4.69, 9.17) is 5.73 Å². The highest BCUT2D eigenvalue weighted by Gasteiger charge is 2.27. The van der Waals surface area contributed by atoms with Crippen LogP contribution in [0.15, 0.2) is 29.4 Å². The number of benzene rings is 1. The summed E-state index contributed by atoms with van der Waals surface area (Å²) < 4.78 is 1.93. The van der Waals surface area contributed by atoms with Crippen molar-refractivity contribution in [2.75, 3.05) is 11.1 Å². The Labute approximate surface area is 231 Å². The summed E-state index contributed by atoms with van der Waals surface area (Å²) in [6.45, 7) is 8.55. The maximum atomic E-state index is 13.0. The fraction of sp³-hybridized carbons (Fsp3) is 0.444. The van der Waals surface area contributed by atoms with Gasteiger partial charge < -0.3 is 20.9 Å². The molecule has 3 aromatic rings. The number of amides is 3. The number of rotatable bonds is 10. The van der Waals surface area contributed by atoms with Crippen LogP contribution in [0.2, 0.25) is 0 Å². The molecule has 4 rings (SSSR count).